The fourth-order valence-electron chi connectivity index (χ4n) is 2.61. The van der Waals surface area contributed by atoms with Crippen LogP contribution in [0.4, 0.5) is 0 Å². The molecule has 0 aliphatic rings. The number of sulfonamides is 1. The van der Waals surface area contributed by atoms with Gasteiger partial charge in [0.25, 0.3) is 10.0 Å². The molecule has 7 nitrogen and oxygen atoms in total. The highest BCUT2D eigenvalue weighted by atomic mass is 32.2. The predicted molar refractivity (Wildman–Crippen MR) is 118 cm³/mol. The summed E-state index contributed by atoms with van der Waals surface area (Å²) >= 11 is 0. The number of benzene rings is 2. The molecule has 0 bridgehead atoms. The molecule has 2 aromatic rings. The number of hydrogen-bond acceptors (Lipinski definition) is 6. The lowest BCUT2D eigenvalue weighted by Crippen LogP contribution is -2.18. The van der Waals surface area contributed by atoms with Gasteiger partial charge >= 0.3 is 0 Å². The lowest BCUT2D eigenvalue weighted by molar-refractivity contribution is 0.242. The first-order chi connectivity index (χ1) is 14.4. The van der Waals surface area contributed by atoms with Crippen LogP contribution in [0.5, 0.6) is 17.2 Å². The van der Waals surface area contributed by atoms with E-state index in [1.54, 1.807) is 37.4 Å². The van der Waals surface area contributed by atoms with Crippen molar-refractivity contribution in [3.8, 4) is 17.2 Å². The summed E-state index contributed by atoms with van der Waals surface area (Å²) in [6.07, 6.45) is 4.65. The number of rotatable bonds is 12. The Kier molecular flexibility index (Phi) is 8.98. The van der Waals surface area contributed by atoms with E-state index in [-0.39, 0.29) is 11.0 Å². The monoisotopic (exact) mass is 434 g/mol. The van der Waals surface area contributed by atoms with Gasteiger partial charge in [-0.2, -0.15) is 13.5 Å². The Bertz CT molecular complexity index is 925. The van der Waals surface area contributed by atoms with Crippen molar-refractivity contribution in [2.75, 3.05) is 13.7 Å². The molecule has 0 atom stereocenters. The van der Waals surface area contributed by atoms with Crippen LogP contribution in [0.25, 0.3) is 0 Å². The lowest BCUT2D eigenvalue weighted by atomic mass is 10.2. The van der Waals surface area contributed by atoms with E-state index < -0.39 is 10.0 Å². The molecule has 0 fully saturated rings. The summed E-state index contributed by atoms with van der Waals surface area (Å²) in [5, 5.41) is 3.86. The number of methoxy groups -OCH3 is 1. The van der Waals surface area contributed by atoms with Crippen LogP contribution in [0.1, 0.15) is 45.6 Å². The maximum atomic E-state index is 12.4. The summed E-state index contributed by atoms with van der Waals surface area (Å²) in [6, 6.07) is 11.5. The highest BCUT2D eigenvalue weighted by molar-refractivity contribution is 7.89. The van der Waals surface area contributed by atoms with E-state index in [9.17, 15) is 8.42 Å². The van der Waals surface area contributed by atoms with Gasteiger partial charge in [0.15, 0.2) is 11.5 Å². The quantitative estimate of drug-likeness (QED) is 0.305. The van der Waals surface area contributed by atoms with E-state index in [1.165, 1.54) is 18.3 Å². The summed E-state index contributed by atoms with van der Waals surface area (Å²) in [6.45, 7) is 6.57. The van der Waals surface area contributed by atoms with Crippen LogP contribution in [-0.4, -0.2) is 34.5 Å². The van der Waals surface area contributed by atoms with Crippen molar-refractivity contribution in [1.82, 2.24) is 4.83 Å². The zero-order valence-corrected chi connectivity index (χ0v) is 18.7. The topological polar surface area (TPSA) is 86.2 Å². The molecule has 2 rings (SSSR count). The zero-order chi connectivity index (χ0) is 22.0. The largest absolute Gasteiger partial charge is 0.493 e. The van der Waals surface area contributed by atoms with Gasteiger partial charge in [0.2, 0.25) is 0 Å². The SMILES string of the molecule is CCCCCOc1ccc(/C=N/NS(=O)(=O)c2ccc(OC(C)C)cc2)cc1OC. The Morgan fingerprint density at radius 1 is 1.07 bits per heavy atom. The average molecular weight is 435 g/mol. The van der Waals surface area contributed by atoms with Crippen molar-refractivity contribution in [2.24, 2.45) is 5.10 Å². The standard InChI is InChI=1S/C22H30N2O5S/c1-5-6-7-14-28-21-13-8-18(15-22(21)27-4)16-23-24-30(25,26)20-11-9-19(10-12-20)29-17(2)3/h8-13,15-17,24H,5-7,14H2,1-4H3/b23-16+. The molecule has 1 N–H and O–H groups in total. The van der Waals surface area contributed by atoms with Crippen LogP contribution in [-0.2, 0) is 10.0 Å². The molecule has 0 aliphatic carbocycles. The number of nitrogens with zero attached hydrogens (tertiary/aromatic N) is 1. The number of ether oxygens (including phenoxy) is 3. The lowest BCUT2D eigenvalue weighted by Gasteiger charge is -2.11. The third-order valence-electron chi connectivity index (χ3n) is 4.09. The van der Waals surface area contributed by atoms with Gasteiger partial charge in [-0.1, -0.05) is 19.8 Å². The molecule has 30 heavy (non-hydrogen) atoms. The van der Waals surface area contributed by atoms with Crippen LogP contribution >= 0.6 is 0 Å². The Morgan fingerprint density at radius 3 is 2.43 bits per heavy atom. The van der Waals surface area contributed by atoms with Gasteiger partial charge in [-0.25, -0.2) is 4.83 Å². The number of unbranched alkanes of at least 4 members (excludes halogenated alkanes) is 2. The van der Waals surface area contributed by atoms with Crippen molar-refractivity contribution >= 4 is 16.2 Å². The first kappa shape index (κ1) is 23.5. The summed E-state index contributed by atoms with van der Waals surface area (Å²) < 4.78 is 41.4. The van der Waals surface area contributed by atoms with E-state index >= 15 is 0 Å². The van der Waals surface area contributed by atoms with Crippen molar-refractivity contribution in [3.63, 3.8) is 0 Å². The molecule has 0 amide bonds. The Labute approximate surface area is 179 Å². The molecule has 8 heteroatoms. The third-order valence-corrected chi connectivity index (χ3v) is 5.32. The van der Waals surface area contributed by atoms with Crippen LogP contribution < -0.4 is 19.0 Å². The molecule has 0 saturated carbocycles. The zero-order valence-electron chi connectivity index (χ0n) is 17.9. The second-order valence-electron chi connectivity index (χ2n) is 6.96. The average Bonchev–Trinajstić information content (AvgIpc) is 2.71. The van der Waals surface area contributed by atoms with Crippen molar-refractivity contribution < 1.29 is 22.6 Å². The van der Waals surface area contributed by atoms with E-state index in [1.807, 2.05) is 13.8 Å². The van der Waals surface area contributed by atoms with Crippen molar-refractivity contribution in [3.05, 3.63) is 48.0 Å². The molecule has 0 radical (unpaired) electrons. The molecule has 0 heterocycles. The first-order valence-electron chi connectivity index (χ1n) is 9.98. The normalized spacial score (nSPS) is 11.6. The van der Waals surface area contributed by atoms with Gasteiger partial charge in [-0.05, 0) is 68.3 Å². The molecule has 2 aromatic carbocycles. The van der Waals surface area contributed by atoms with Crippen LogP contribution in [0.3, 0.4) is 0 Å². The second kappa shape index (κ2) is 11.4. The van der Waals surface area contributed by atoms with Crippen LogP contribution in [0.2, 0.25) is 0 Å². The number of hydrazone groups is 1. The summed E-state index contributed by atoms with van der Waals surface area (Å²) in [5.74, 6) is 1.82. The maximum absolute atomic E-state index is 12.4. The minimum Gasteiger partial charge on any atom is -0.493 e. The van der Waals surface area contributed by atoms with Gasteiger partial charge in [-0.3, -0.25) is 0 Å². The minimum atomic E-state index is -3.78. The van der Waals surface area contributed by atoms with Crippen molar-refractivity contribution in [1.29, 1.82) is 0 Å². The highest BCUT2D eigenvalue weighted by Crippen LogP contribution is 2.27. The van der Waals surface area contributed by atoms with Crippen molar-refractivity contribution in [2.45, 2.75) is 51.0 Å². The third kappa shape index (κ3) is 7.26. The summed E-state index contributed by atoms with van der Waals surface area (Å²) in [7, 11) is -2.22. The number of nitrogens with one attached hydrogen (secondary N) is 1. The van der Waals surface area contributed by atoms with Gasteiger partial charge in [0, 0.05) is 0 Å². The van der Waals surface area contributed by atoms with E-state index in [0.717, 1.165) is 19.3 Å². The molecular formula is C22H30N2O5S. The molecule has 164 valence electrons. The summed E-state index contributed by atoms with van der Waals surface area (Å²) in [4.78, 5) is 2.31. The Balaban J connectivity index is 2.01. The van der Waals surface area contributed by atoms with Gasteiger partial charge in [0.05, 0.1) is 30.9 Å². The molecule has 0 aliphatic heterocycles. The highest BCUT2D eigenvalue weighted by Gasteiger charge is 2.13. The second-order valence-corrected chi connectivity index (χ2v) is 8.62. The Morgan fingerprint density at radius 2 is 1.80 bits per heavy atom. The minimum absolute atomic E-state index is 0.0142. The fourth-order valence-corrected chi connectivity index (χ4v) is 3.40. The smallest absolute Gasteiger partial charge is 0.276 e. The Hall–Kier alpha value is -2.74. The predicted octanol–water partition coefficient (Wildman–Crippen LogP) is 4.36. The van der Waals surface area contributed by atoms with E-state index in [4.69, 9.17) is 14.2 Å². The van der Waals surface area contributed by atoms with Crippen LogP contribution in [0, 0.1) is 0 Å². The molecule has 0 unspecified atom stereocenters. The molecular weight excluding hydrogens is 404 g/mol. The van der Waals surface area contributed by atoms with Gasteiger partial charge in [0.1, 0.15) is 5.75 Å². The molecule has 0 saturated heterocycles. The van der Waals surface area contributed by atoms with E-state index in [0.29, 0.717) is 29.4 Å². The molecule has 0 aromatic heterocycles. The number of hydrogen-bond donors (Lipinski definition) is 1. The summed E-state index contributed by atoms with van der Waals surface area (Å²) in [5.41, 5.74) is 0.677. The molecule has 0 spiro atoms. The fraction of sp³-hybridized carbons (Fsp3) is 0.409. The van der Waals surface area contributed by atoms with E-state index in [2.05, 4.69) is 16.9 Å². The first-order valence-corrected chi connectivity index (χ1v) is 11.5. The van der Waals surface area contributed by atoms with Gasteiger partial charge < -0.3 is 14.2 Å². The van der Waals surface area contributed by atoms with Crippen LogP contribution in [0.15, 0.2) is 52.5 Å². The maximum Gasteiger partial charge on any atom is 0.276 e. The van der Waals surface area contributed by atoms with Gasteiger partial charge in [-0.15, -0.1) is 0 Å².